The van der Waals surface area contributed by atoms with Gasteiger partial charge in [-0.3, -0.25) is 19.8 Å². The van der Waals surface area contributed by atoms with Crippen LogP contribution in [0.4, 0.5) is 5.69 Å². The Kier molecular flexibility index (Phi) is 7.23. The second-order valence-corrected chi connectivity index (χ2v) is 7.71. The van der Waals surface area contributed by atoms with Gasteiger partial charge in [-0.1, -0.05) is 30.3 Å². The molecule has 1 amide bonds. The molecule has 0 saturated carbocycles. The Morgan fingerprint density at radius 1 is 1.06 bits per heavy atom. The minimum absolute atomic E-state index is 0.178. The predicted octanol–water partition coefficient (Wildman–Crippen LogP) is 4.58. The molecule has 0 atom stereocenters. The summed E-state index contributed by atoms with van der Waals surface area (Å²) in [5, 5.41) is 10.8. The van der Waals surface area contributed by atoms with Crippen molar-refractivity contribution in [1.82, 2.24) is 15.1 Å². The van der Waals surface area contributed by atoms with Gasteiger partial charge in [-0.25, -0.2) is 0 Å². The van der Waals surface area contributed by atoms with Gasteiger partial charge in [0.05, 0.1) is 5.69 Å². The maximum atomic E-state index is 12.9. The lowest BCUT2D eigenvalue weighted by molar-refractivity contribution is 0.0976. The summed E-state index contributed by atoms with van der Waals surface area (Å²) in [5.41, 5.74) is 7.00. The van der Waals surface area contributed by atoms with Crippen molar-refractivity contribution in [1.29, 1.82) is 0 Å². The fourth-order valence-electron chi connectivity index (χ4n) is 3.66. The van der Waals surface area contributed by atoms with E-state index in [4.69, 9.17) is 4.99 Å². The van der Waals surface area contributed by atoms with Crippen LogP contribution in [0, 0.1) is 27.7 Å². The van der Waals surface area contributed by atoms with Crippen molar-refractivity contribution in [2.24, 2.45) is 4.99 Å². The number of nitrogens with zero attached hydrogens (tertiary/aromatic N) is 3. The highest BCUT2D eigenvalue weighted by atomic mass is 16.1. The maximum Gasteiger partial charge on any atom is 0.258 e. The van der Waals surface area contributed by atoms with Gasteiger partial charge in [0.1, 0.15) is 0 Å². The molecule has 3 aromatic rings. The third-order valence-electron chi connectivity index (χ3n) is 5.37. The second-order valence-electron chi connectivity index (χ2n) is 7.71. The van der Waals surface area contributed by atoms with Gasteiger partial charge < -0.3 is 5.32 Å². The van der Waals surface area contributed by atoms with E-state index in [1.54, 1.807) is 0 Å². The number of amides is 1. The fourth-order valence-corrected chi connectivity index (χ4v) is 3.66. The molecule has 2 aromatic carbocycles. The summed E-state index contributed by atoms with van der Waals surface area (Å²) in [4.78, 5) is 17.6. The highest BCUT2D eigenvalue weighted by Gasteiger charge is 2.13. The van der Waals surface area contributed by atoms with Crippen molar-refractivity contribution in [2.45, 2.75) is 47.6 Å². The molecule has 162 valence electrons. The van der Waals surface area contributed by atoms with Crippen molar-refractivity contribution in [2.75, 3.05) is 11.9 Å². The Balaban J connectivity index is 1.80. The van der Waals surface area contributed by atoms with Crippen LogP contribution in [0.15, 0.2) is 53.5 Å². The van der Waals surface area contributed by atoms with Crippen LogP contribution in [0.1, 0.15) is 45.4 Å². The lowest BCUT2D eigenvalue weighted by atomic mass is 10.1. The number of aryl methyl sites for hydroxylation is 4. The number of anilines is 1. The maximum absolute atomic E-state index is 12.9. The number of nitrogens with one attached hydrogen (secondary N) is 2. The fraction of sp³-hybridized carbons (Fsp3) is 0.320. The van der Waals surface area contributed by atoms with Gasteiger partial charge >= 0.3 is 0 Å². The Bertz CT molecular complexity index is 1100. The SMILES string of the molecule is CCn1nc(C)c(CCN=C(NC(=O)c2ccccc2C)Nc2cccc(C)c2)c1C. The van der Waals surface area contributed by atoms with E-state index in [-0.39, 0.29) is 5.91 Å². The van der Waals surface area contributed by atoms with Gasteiger partial charge in [0.15, 0.2) is 0 Å². The van der Waals surface area contributed by atoms with Crippen LogP contribution < -0.4 is 10.6 Å². The molecule has 1 heterocycles. The molecule has 0 aliphatic heterocycles. The molecule has 31 heavy (non-hydrogen) atoms. The summed E-state index contributed by atoms with van der Waals surface area (Å²) in [5.74, 6) is 0.264. The molecule has 0 unspecified atom stereocenters. The highest BCUT2D eigenvalue weighted by molar-refractivity contribution is 6.10. The monoisotopic (exact) mass is 417 g/mol. The van der Waals surface area contributed by atoms with E-state index < -0.39 is 0 Å². The number of benzene rings is 2. The number of hydrogen-bond donors (Lipinski definition) is 2. The number of rotatable bonds is 6. The number of guanidine groups is 1. The van der Waals surface area contributed by atoms with Gasteiger partial charge in [0, 0.05) is 30.0 Å². The molecule has 0 bridgehead atoms. The summed E-state index contributed by atoms with van der Waals surface area (Å²) in [7, 11) is 0. The zero-order valence-corrected chi connectivity index (χ0v) is 19.0. The average Bonchev–Trinajstić information content (AvgIpc) is 3.01. The first-order valence-electron chi connectivity index (χ1n) is 10.7. The summed E-state index contributed by atoms with van der Waals surface area (Å²) in [6, 6.07) is 15.5. The van der Waals surface area contributed by atoms with Crippen molar-refractivity contribution >= 4 is 17.6 Å². The molecule has 0 spiro atoms. The largest absolute Gasteiger partial charge is 0.326 e. The van der Waals surface area contributed by atoms with E-state index in [0.717, 1.165) is 35.5 Å². The van der Waals surface area contributed by atoms with Crippen molar-refractivity contribution < 1.29 is 4.79 Å². The third kappa shape index (κ3) is 5.60. The summed E-state index contributed by atoms with van der Waals surface area (Å²) in [6.45, 7) is 11.6. The minimum Gasteiger partial charge on any atom is -0.326 e. The molecule has 0 radical (unpaired) electrons. The normalized spacial score (nSPS) is 11.5. The minimum atomic E-state index is -0.178. The highest BCUT2D eigenvalue weighted by Crippen LogP contribution is 2.14. The van der Waals surface area contributed by atoms with E-state index in [1.807, 2.05) is 74.0 Å². The Morgan fingerprint density at radius 3 is 2.52 bits per heavy atom. The van der Waals surface area contributed by atoms with Crippen LogP contribution in [-0.2, 0) is 13.0 Å². The molecular weight excluding hydrogens is 386 g/mol. The molecule has 0 aliphatic rings. The second kappa shape index (κ2) is 10.1. The van der Waals surface area contributed by atoms with Crippen LogP contribution in [0.2, 0.25) is 0 Å². The third-order valence-corrected chi connectivity index (χ3v) is 5.37. The van der Waals surface area contributed by atoms with Gasteiger partial charge in [-0.15, -0.1) is 0 Å². The van der Waals surface area contributed by atoms with Crippen molar-refractivity contribution in [3.8, 4) is 0 Å². The topological polar surface area (TPSA) is 71.3 Å². The van der Waals surface area contributed by atoms with Crippen LogP contribution >= 0.6 is 0 Å². The molecule has 6 nitrogen and oxygen atoms in total. The van der Waals surface area contributed by atoms with Gasteiger partial charge in [0.2, 0.25) is 5.96 Å². The van der Waals surface area contributed by atoms with Crippen molar-refractivity contribution in [3.05, 3.63) is 82.2 Å². The lowest BCUT2D eigenvalue weighted by Crippen LogP contribution is -2.36. The molecule has 1 aromatic heterocycles. The van der Waals surface area contributed by atoms with E-state index in [2.05, 4.69) is 29.6 Å². The number of carbonyl (C=O) groups is 1. The van der Waals surface area contributed by atoms with Crippen LogP contribution in [0.3, 0.4) is 0 Å². The predicted molar refractivity (Wildman–Crippen MR) is 127 cm³/mol. The Morgan fingerprint density at radius 2 is 1.84 bits per heavy atom. The summed E-state index contributed by atoms with van der Waals surface area (Å²) >= 11 is 0. The molecule has 2 N–H and O–H groups in total. The summed E-state index contributed by atoms with van der Waals surface area (Å²) in [6.07, 6.45) is 0.761. The van der Waals surface area contributed by atoms with Crippen LogP contribution in [0.25, 0.3) is 0 Å². The zero-order chi connectivity index (χ0) is 22.4. The van der Waals surface area contributed by atoms with Crippen LogP contribution in [-0.4, -0.2) is 28.2 Å². The smallest absolute Gasteiger partial charge is 0.258 e. The standard InChI is InChI=1S/C25H31N5O/c1-6-30-20(5)23(19(4)29-30)14-15-26-25(27-21-12-9-10-17(2)16-21)28-24(31)22-13-8-7-11-18(22)3/h7-13,16H,6,14-15H2,1-5H3,(H2,26,27,28,31). The first-order valence-corrected chi connectivity index (χ1v) is 10.7. The number of hydrogen-bond acceptors (Lipinski definition) is 3. The average molecular weight is 418 g/mol. The van der Waals surface area contributed by atoms with Gasteiger partial charge in [0.25, 0.3) is 5.91 Å². The lowest BCUT2D eigenvalue weighted by Gasteiger charge is -2.13. The Labute approximate surface area is 184 Å². The van der Waals surface area contributed by atoms with E-state index in [1.165, 1.54) is 11.3 Å². The quantitative estimate of drug-likeness (QED) is 0.456. The van der Waals surface area contributed by atoms with Crippen LogP contribution in [0.5, 0.6) is 0 Å². The van der Waals surface area contributed by atoms with E-state index in [0.29, 0.717) is 18.1 Å². The molecular formula is C25H31N5O. The molecule has 0 fully saturated rings. The first-order chi connectivity index (χ1) is 14.9. The molecule has 0 saturated heterocycles. The van der Waals surface area contributed by atoms with Gasteiger partial charge in [-0.05, 0) is 75.9 Å². The summed E-state index contributed by atoms with van der Waals surface area (Å²) < 4.78 is 2.01. The van der Waals surface area contributed by atoms with E-state index >= 15 is 0 Å². The van der Waals surface area contributed by atoms with E-state index in [9.17, 15) is 4.79 Å². The first kappa shape index (κ1) is 22.3. The van der Waals surface area contributed by atoms with Gasteiger partial charge in [-0.2, -0.15) is 5.10 Å². The number of carbonyl (C=O) groups excluding carboxylic acids is 1. The zero-order valence-electron chi connectivity index (χ0n) is 19.0. The molecule has 6 heteroatoms. The molecule has 3 rings (SSSR count). The molecule has 0 aliphatic carbocycles. The van der Waals surface area contributed by atoms with Crippen molar-refractivity contribution in [3.63, 3.8) is 0 Å². The number of aromatic nitrogens is 2. The Hall–Kier alpha value is -3.41. The number of aliphatic imine (C=N–C) groups is 1.